The predicted molar refractivity (Wildman–Crippen MR) is 112 cm³/mol. The molecule has 32 heavy (non-hydrogen) atoms. The summed E-state index contributed by atoms with van der Waals surface area (Å²) in [5.41, 5.74) is -0.768. The number of aliphatic hydroxyl groups excluding tert-OH is 1. The molecular weight excluding hydrogens is 431 g/mol. The van der Waals surface area contributed by atoms with Crippen LogP contribution in [-0.2, 0) is 14.3 Å². The van der Waals surface area contributed by atoms with Gasteiger partial charge in [0.1, 0.15) is 17.7 Å². The van der Waals surface area contributed by atoms with Crippen LogP contribution in [0.25, 0.3) is 0 Å². The largest absolute Gasteiger partial charge is 0.444 e. The quantitative estimate of drug-likeness (QED) is 0.534. The van der Waals surface area contributed by atoms with Crippen molar-refractivity contribution in [2.24, 2.45) is 11.8 Å². The summed E-state index contributed by atoms with van der Waals surface area (Å²) in [7, 11) is 0. The highest BCUT2D eigenvalue weighted by molar-refractivity contribution is 5.92. The molecule has 8 nitrogen and oxygen atoms in total. The number of carbonyl (C=O) groups is 3. The van der Waals surface area contributed by atoms with Crippen LogP contribution in [0.5, 0.6) is 0 Å². The number of alkyl halides is 3. The molecule has 1 aliphatic heterocycles. The number of alkyl carbamates (subject to hydrolysis) is 1. The number of hydrogen-bond acceptors (Lipinski definition) is 5. The van der Waals surface area contributed by atoms with Gasteiger partial charge in [-0.05, 0) is 45.4 Å². The Labute approximate surface area is 187 Å². The molecule has 3 amide bonds. The van der Waals surface area contributed by atoms with Crippen molar-refractivity contribution >= 4 is 17.9 Å². The van der Waals surface area contributed by atoms with E-state index in [0.717, 1.165) is 0 Å². The van der Waals surface area contributed by atoms with Crippen LogP contribution < -0.4 is 10.6 Å². The number of likely N-dealkylation sites (tertiary alicyclic amines) is 1. The smallest absolute Gasteiger partial charge is 0.416 e. The van der Waals surface area contributed by atoms with Crippen molar-refractivity contribution in [3.63, 3.8) is 0 Å². The Morgan fingerprint density at radius 1 is 1.03 bits per heavy atom. The SMILES string of the molecule is CC(C)C(NC(=O)[C@H]1CCCN1C(=O)[C@H](NC(=O)OC(C)(C)C)C(C)C)C(O)C(F)(F)F. The first-order valence-electron chi connectivity index (χ1n) is 10.8. The summed E-state index contributed by atoms with van der Waals surface area (Å²) in [6.45, 7) is 11.6. The molecule has 1 fully saturated rings. The summed E-state index contributed by atoms with van der Waals surface area (Å²) in [6, 6.07) is -3.52. The molecule has 0 aromatic carbocycles. The molecule has 11 heteroatoms. The summed E-state index contributed by atoms with van der Waals surface area (Å²) in [5.74, 6) is -2.30. The van der Waals surface area contributed by atoms with Crippen LogP contribution >= 0.6 is 0 Å². The Bertz CT molecular complexity index is 677. The zero-order valence-corrected chi connectivity index (χ0v) is 19.7. The fourth-order valence-corrected chi connectivity index (χ4v) is 3.50. The van der Waals surface area contributed by atoms with Gasteiger partial charge in [0, 0.05) is 6.54 Å². The minimum Gasteiger partial charge on any atom is -0.444 e. The first kappa shape index (κ1) is 28.0. The van der Waals surface area contributed by atoms with Crippen LogP contribution in [-0.4, -0.2) is 70.5 Å². The second-order valence-electron chi connectivity index (χ2n) is 9.82. The Morgan fingerprint density at radius 3 is 2.03 bits per heavy atom. The minimum absolute atomic E-state index is 0.226. The molecule has 1 saturated heterocycles. The lowest BCUT2D eigenvalue weighted by Crippen LogP contribution is -2.59. The fourth-order valence-electron chi connectivity index (χ4n) is 3.50. The molecule has 0 saturated carbocycles. The lowest BCUT2D eigenvalue weighted by molar-refractivity contribution is -0.215. The fraction of sp³-hybridized carbons (Fsp3) is 0.857. The van der Waals surface area contributed by atoms with Gasteiger partial charge in [0.25, 0.3) is 0 Å². The second kappa shape index (κ2) is 10.7. The van der Waals surface area contributed by atoms with Gasteiger partial charge < -0.3 is 25.4 Å². The standard InChI is InChI=1S/C21H36F3N3O5/c1-11(2)14(16(28)21(22,23)24)25-17(29)13-9-8-10-27(13)18(30)15(12(3)4)26-19(31)32-20(5,6)7/h11-16,28H,8-10H2,1-7H3,(H,25,29)(H,26,31)/t13-,14?,15-,16?/m1/s1. The van der Waals surface area contributed by atoms with Crippen LogP contribution in [0.15, 0.2) is 0 Å². The monoisotopic (exact) mass is 467 g/mol. The molecule has 0 aliphatic carbocycles. The first-order valence-corrected chi connectivity index (χ1v) is 10.8. The number of aliphatic hydroxyl groups is 1. The van der Waals surface area contributed by atoms with E-state index in [-0.39, 0.29) is 18.9 Å². The number of ether oxygens (including phenoxy) is 1. The number of nitrogens with one attached hydrogen (secondary N) is 2. The van der Waals surface area contributed by atoms with E-state index in [1.165, 1.54) is 18.7 Å². The van der Waals surface area contributed by atoms with E-state index < -0.39 is 59.8 Å². The number of nitrogens with zero attached hydrogens (tertiary/aromatic N) is 1. The number of amides is 3. The van der Waals surface area contributed by atoms with Crippen molar-refractivity contribution in [2.45, 2.75) is 97.3 Å². The molecule has 1 aliphatic rings. The maximum absolute atomic E-state index is 13.2. The molecule has 0 aromatic heterocycles. The van der Waals surface area contributed by atoms with Crippen molar-refractivity contribution in [1.82, 2.24) is 15.5 Å². The summed E-state index contributed by atoms with van der Waals surface area (Å²) >= 11 is 0. The van der Waals surface area contributed by atoms with Crippen LogP contribution in [0, 0.1) is 11.8 Å². The second-order valence-corrected chi connectivity index (χ2v) is 9.82. The van der Waals surface area contributed by atoms with Crippen molar-refractivity contribution in [1.29, 1.82) is 0 Å². The molecule has 186 valence electrons. The number of hydrogen-bond donors (Lipinski definition) is 3. The molecule has 0 bridgehead atoms. The van der Waals surface area contributed by atoms with Crippen molar-refractivity contribution in [3.8, 4) is 0 Å². The molecule has 4 atom stereocenters. The van der Waals surface area contributed by atoms with Crippen molar-refractivity contribution in [3.05, 3.63) is 0 Å². The van der Waals surface area contributed by atoms with Crippen molar-refractivity contribution < 1.29 is 37.4 Å². The summed E-state index contributed by atoms with van der Waals surface area (Å²) < 4.78 is 44.2. The van der Waals surface area contributed by atoms with Crippen LogP contribution in [0.4, 0.5) is 18.0 Å². The van der Waals surface area contributed by atoms with E-state index in [1.54, 1.807) is 34.6 Å². The van der Waals surface area contributed by atoms with E-state index in [2.05, 4.69) is 10.6 Å². The van der Waals surface area contributed by atoms with E-state index >= 15 is 0 Å². The van der Waals surface area contributed by atoms with Crippen LogP contribution in [0.2, 0.25) is 0 Å². The zero-order valence-electron chi connectivity index (χ0n) is 19.7. The van der Waals surface area contributed by atoms with Gasteiger partial charge in [0.05, 0.1) is 6.04 Å². The highest BCUT2D eigenvalue weighted by Gasteiger charge is 2.47. The average Bonchev–Trinajstić information content (AvgIpc) is 3.10. The molecule has 3 N–H and O–H groups in total. The van der Waals surface area contributed by atoms with Crippen LogP contribution in [0.3, 0.4) is 0 Å². The van der Waals surface area contributed by atoms with Gasteiger partial charge in [-0.3, -0.25) is 9.59 Å². The van der Waals surface area contributed by atoms with Gasteiger partial charge in [-0.15, -0.1) is 0 Å². The van der Waals surface area contributed by atoms with Gasteiger partial charge in [0.15, 0.2) is 6.10 Å². The number of rotatable bonds is 7. The Hall–Kier alpha value is -2.04. The lowest BCUT2D eigenvalue weighted by atomic mass is 9.97. The van der Waals surface area contributed by atoms with Gasteiger partial charge in [-0.2, -0.15) is 13.2 Å². The van der Waals surface area contributed by atoms with Gasteiger partial charge >= 0.3 is 12.3 Å². The Kier molecular flexibility index (Phi) is 9.38. The molecule has 1 rings (SSSR count). The topological polar surface area (TPSA) is 108 Å². The van der Waals surface area contributed by atoms with Gasteiger partial charge in [0.2, 0.25) is 11.8 Å². The third-order valence-electron chi connectivity index (χ3n) is 5.15. The summed E-state index contributed by atoms with van der Waals surface area (Å²) in [6.07, 6.45) is -7.66. The molecular formula is C21H36F3N3O5. The third kappa shape index (κ3) is 7.83. The molecule has 2 unspecified atom stereocenters. The van der Waals surface area contributed by atoms with Gasteiger partial charge in [-0.25, -0.2) is 4.79 Å². The van der Waals surface area contributed by atoms with E-state index in [1.807, 2.05) is 0 Å². The number of carbonyl (C=O) groups excluding carboxylic acids is 3. The molecule has 1 heterocycles. The maximum Gasteiger partial charge on any atom is 0.416 e. The summed E-state index contributed by atoms with van der Waals surface area (Å²) in [4.78, 5) is 39.4. The third-order valence-corrected chi connectivity index (χ3v) is 5.15. The minimum atomic E-state index is -4.90. The first-order chi connectivity index (χ1) is 14.5. The van der Waals surface area contributed by atoms with E-state index in [4.69, 9.17) is 4.74 Å². The van der Waals surface area contributed by atoms with E-state index in [9.17, 15) is 32.7 Å². The normalized spacial score (nSPS) is 20.2. The summed E-state index contributed by atoms with van der Waals surface area (Å²) in [5, 5.41) is 14.5. The molecule has 0 spiro atoms. The average molecular weight is 468 g/mol. The highest BCUT2D eigenvalue weighted by Crippen LogP contribution is 2.27. The van der Waals surface area contributed by atoms with E-state index in [0.29, 0.717) is 6.42 Å². The van der Waals surface area contributed by atoms with Crippen LogP contribution in [0.1, 0.15) is 61.3 Å². The Balaban J connectivity index is 2.98. The maximum atomic E-state index is 13.2. The molecule has 0 aromatic rings. The van der Waals surface area contributed by atoms with Crippen molar-refractivity contribution in [2.75, 3.05) is 6.54 Å². The number of halogens is 3. The highest BCUT2D eigenvalue weighted by atomic mass is 19.4. The predicted octanol–water partition coefficient (Wildman–Crippen LogP) is 2.59. The molecule has 0 radical (unpaired) electrons. The lowest BCUT2D eigenvalue weighted by Gasteiger charge is -2.33. The zero-order chi connectivity index (χ0) is 25.0. The van der Waals surface area contributed by atoms with Gasteiger partial charge in [-0.1, -0.05) is 27.7 Å². The Morgan fingerprint density at radius 2 is 1.59 bits per heavy atom.